The summed E-state index contributed by atoms with van der Waals surface area (Å²) >= 11 is 0. The summed E-state index contributed by atoms with van der Waals surface area (Å²) in [7, 11) is -3.17. The summed E-state index contributed by atoms with van der Waals surface area (Å²) in [6.07, 6.45) is 1.49. The summed E-state index contributed by atoms with van der Waals surface area (Å²) < 4.78 is 23.2. The van der Waals surface area contributed by atoms with Crippen LogP contribution in [0.4, 0.5) is 0 Å². The highest BCUT2D eigenvalue weighted by atomic mass is 32.2. The van der Waals surface area contributed by atoms with Crippen LogP contribution in [-0.2, 0) is 9.84 Å². The molecule has 0 aliphatic rings. The number of nitrogens with zero attached hydrogens (tertiary/aromatic N) is 1. The van der Waals surface area contributed by atoms with Crippen LogP contribution >= 0.6 is 0 Å². The average molecular weight is 199 g/mol. The molecule has 1 aromatic rings. The summed E-state index contributed by atoms with van der Waals surface area (Å²) in [6.45, 7) is 3.75. The van der Waals surface area contributed by atoms with Gasteiger partial charge in [-0.3, -0.25) is 0 Å². The highest BCUT2D eigenvalue weighted by molar-refractivity contribution is 7.91. The second kappa shape index (κ2) is 3.87. The molecule has 1 rings (SSSR count). The van der Waals surface area contributed by atoms with Gasteiger partial charge in [-0.25, -0.2) is 13.4 Å². The lowest BCUT2D eigenvalue weighted by molar-refractivity contribution is 0.578. The molecule has 0 amide bonds. The van der Waals surface area contributed by atoms with E-state index in [1.165, 1.54) is 12.3 Å². The molecule has 0 bridgehead atoms. The minimum atomic E-state index is -3.17. The molecule has 0 saturated heterocycles. The molecule has 1 aromatic heterocycles. The van der Waals surface area contributed by atoms with Gasteiger partial charge in [0.1, 0.15) is 0 Å². The molecule has 0 aliphatic heterocycles. The first-order chi connectivity index (χ1) is 6.02. The number of sulfone groups is 1. The Balaban J connectivity index is 2.96. The highest BCUT2D eigenvalue weighted by Crippen LogP contribution is 2.10. The van der Waals surface area contributed by atoms with Gasteiger partial charge in [0, 0.05) is 6.20 Å². The maximum atomic E-state index is 11.6. The molecule has 0 unspecified atom stereocenters. The number of pyridine rings is 1. The summed E-state index contributed by atoms with van der Waals surface area (Å²) in [4.78, 5) is 3.82. The summed E-state index contributed by atoms with van der Waals surface area (Å²) in [5.74, 6) is 0.288. The first-order valence-electron chi connectivity index (χ1n) is 4.16. The molecule has 0 aliphatic carbocycles. The molecule has 0 saturated carbocycles. The summed E-state index contributed by atoms with van der Waals surface area (Å²) in [6, 6.07) is 4.91. The van der Waals surface area contributed by atoms with Crippen LogP contribution in [0.2, 0.25) is 0 Å². The van der Waals surface area contributed by atoms with E-state index in [1.807, 2.05) is 13.8 Å². The molecule has 3 nitrogen and oxygen atoms in total. The molecule has 4 heteroatoms. The Labute approximate surface area is 78.7 Å². The molecule has 1 heterocycles. The molecule has 0 spiro atoms. The quantitative estimate of drug-likeness (QED) is 0.741. The normalized spacial score (nSPS) is 11.9. The van der Waals surface area contributed by atoms with Crippen molar-refractivity contribution < 1.29 is 8.42 Å². The van der Waals surface area contributed by atoms with Crippen LogP contribution in [0.1, 0.15) is 13.8 Å². The van der Waals surface area contributed by atoms with Crippen LogP contribution in [0.3, 0.4) is 0 Å². The lowest BCUT2D eigenvalue weighted by atomic mass is 10.3. The topological polar surface area (TPSA) is 47.0 Å². The molecule has 0 aromatic carbocycles. The number of hydrogen-bond acceptors (Lipinski definition) is 3. The van der Waals surface area contributed by atoms with Crippen molar-refractivity contribution in [1.29, 1.82) is 0 Å². The molecular formula is C9H13NO2S. The van der Waals surface area contributed by atoms with Crippen LogP contribution < -0.4 is 0 Å². The maximum Gasteiger partial charge on any atom is 0.195 e. The zero-order chi connectivity index (χ0) is 9.90. The third-order valence-electron chi connectivity index (χ3n) is 1.51. The van der Waals surface area contributed by atoms with Gasteiger partial charge < -0.3 is 0 Å². The van der Waals surface area contributed by atoms with Crippen molar-refractivity contribution in [3.8, 4) is 0 Å². The summed E-state index contributed by atoms with van der Waals surface area (Å²) in [5, 5.41) is 0.170. The van der Waals surface area contributed by atoms with Crippen molar-refractivity contribution in [3.63, 3.8) is 0 Å². The Hall–Kier alpha value is -0.900. The second-order valence-electron chi connectivity index (χ2n) is 3.34. The lowest BCUT2D eigenvalue weighted by Gasteiger charge is -2.04. The summed E-state index contributed by atoms with van der Waals surface area (Å²) in [5.41, 5.74) is 0. The second-order valence-corrected chi connectivity index (χ2v) is 5.32. The standard InChI is InChI=1S/C9H13NO2S/c1-8(2)7-13(11,12)9-5-3-4-6-10-9/h3-6,8H,7H2,1-2H3. The van der Waals surface area contributed by atoms with E-state index >= 15 is 0 Å². The number of hydrogen-bond donors (Lipinski definition) is 0. The van der Waals surface area contributed by atoms with Crippen LogP contribution in [0, 0.1) is 5.92 Å². The van der Waals surface area contributed by atoms with E-state index < -0.39 is 9.84 Å². The average Bonchev–Trinajstić information content (AvgIpc) is 2.04. The van der Waals surface area contributed by atoms with Crippen LogP contribution in [-0.4, -0.2) is 19.2 Å². The molecule has 72 valence electrons. The molecule has 0 N–H and O–H groups in total. The van der Waals surface area contributed by atoms with Crippen LogP contribution in [0.5, 0.6) is 0 Å². The van der Waals surface area contributed by atoms with Gasteiger partial charge in [0.2, 0.25) is 0 Å². The van der Waals surface area contributed by atoms with E-state index in [0.717, 1.165) is 0 Å². The van der Waals surface area contributed by atoms with Gasteiger partial charge in [-0.2, -0.15) is 0 Å². The van der Waals surface area contributed by atoms with Gasteiger partial charge in [-0.1, -0.05) is 19.9 Å². The van der Waals surface area contributed by atoms with Crippen LogP contribution in [0.15, 0.2) is 29.4 Å². The van der Waals surface area contributed by atoms with Gasteiger partial charge in [0.25, 0.3) is 0 Å². The van der Waals surface area contributed by atoms with Crippen molar-refractivity contribution >= 4 is 9.84 Å². The van der Waals surface area contributed by atoms with E-state index in [9.17, 15) is 8.42 Å². The maximum absolute atomic E-state index is 11.6. The van der Waals surface area contributed by atoms with E-state index in [4.69, 9.17) is 0 Å². The predicted octanol–water partition coefficient (Wildman–Crippen LogP) is 1.51. The van der Waals surface area contributed by atoms with E-state index in [-0.39, 0.29) is 16.7 Å². The van der Waals surface area contributed by atoms with Gasteiger partial charge in [0.05, 0.1) is 5.75 Å². The van der Waals surface area contributed by atoms with Gasteiger partial charge in [-0.05, 0) is 18.1 Å². The predicted molar refractivity (Wildman–Crippen MR) is 51.1 cm³/mol. The molecule has 13 heavy (non-hydrogen) atoms. The smallest absolute Gasteiger partial charge is 0.195 e. The van der Waals surface area contributed by atoms with Crippen molar-refractivity contribution in [2.75, 3.05) is 5.75 Å². The Morgan fingerprint density at radius 2 is 2.08 bits per heavy atom. The van der Waals surface area contributed by atoms with Crippen molar-refractivity contribution in [2.24, 2.45) is 5.92 Å². The van der Waals surface area contributed by atoms with E-state index in [2.05, 4.69) is 4.98 Å². The first kappa shape index (κ1) is 10.2. The van der Waals surface area contributed by atoms with Gasteiger partial charge >= 0.3 is 0 Å². The lowest BCUT2D eigenvalue weighted by Crippen LogP contribution is -2.12. The number of aromatic nitrogens is 1. The SMILES string of the molecule is CC(C)CS(=O)(=O)c1ccccn1. The Morgan fingerprint density at radius 1 is 1.38 bits per heavy atom. The molecule has 0 atom stereocenters. The third kappa shape index (κ3) is 2.81. The minimum Gasteiger partial charge on any atom is -0.245 e. The fourth-order valence-electron chi connectivity index (χ4n) is 1.06. The largest absolute Gasteiger partial charge is 0.245 e. The van der Waals surface area contributed by atoms with Crippen LogP contribution in [0.25, 0.3) is 0 Å². The zero-order valence-corrected chi connectivity index (χ0v) is 8.58. The first-order valence-corrected chi connectivity index (χ1v) is 5.81. The molecular weight excluding hydrogens is 186 g/mol. The Kier molecular flexibility index (Phi) is 3.03. The molecule has 0 fully saturated rings. The van der Waals surface area contributed by atoms with Gasteiger partial charge in [0.15, 0.2) is 14.9 Å². The minimum absolute atomic E-state index is 0.131. The zero-order valence-electron chi connectivity index (χ0n) is 7.77. The van der Waals surface area contributed by atoms with Gasteiger partial charge in [-0.15, -0.1) is 0 Å². The highest BCUT2D eigenvalue weighted by Gasteiger charge is 2.16. The van der Waals surface area contributed by atoms with Crippen molar-refractivity contribution in [3.05, 3.63) is 24.4 Å². The Bertz CT molecular complexity index is 356. The van der Waals surface area contributed by atoms with Crippen molar-refractivity contribution in [2.45, 2.75) is 18.9 Å². The van der Waals surface area contributed by atoms with E-state index in [1.54, 1.807) is 12.1 Å². The fourth-order valence-corrected chi connectivity index (χ4v) is 2.61. The van der Waals surface area contributed by atoms with Crippen molar-refractivity contribution in [1.82, 2.24) is 4.98 Å². The third-order valence-corrected chi connectivity index (χ3v) is 3.49. The molecule has 0 radical (unpaired) electrons. The monoisotopic (exact) mass is 199 g/mol. The number of rotatable bonds is 3. The van der Waals surface area contributed by atoms with E-state index in [0.29, 0.717) is 0 Å². The fraction of sp³-hybridized carbons (Fsp3) is 0.444. The Morgan fingerprint density at radius 3 is 2.54 bits per heavy atom.